The van der Waals surface area contributed by atoms with Crippen LogP contribution < -0.4 is 10.3 Å². The second-order valence-electron chi connectivity index (χ2n) is 7.68. The van der Waals surface area contributed by atoms with Gasteiger partial charge in [0.05, 0.1) is 17.3 Å². The van der Waals surface area contributed by atoms with Crippen molar-refractivity contribution in [3.63, 3.8) is 0 Å². The van der Waals surface area contributed by atoms with Gasteiger partial charge < -0.3 is 18.9 Å². The maximum absolute atomic E-state index is 12.3. The molecule has 3 rings (SSSR count). The number of amides is 1. The SMILES string of the molecule is CN(C)C(=O)c1ccc(OC2CC2)c(B2OC(C)(C)C(C)(C)O2)n1. The van der Waals surface area contributed by atoms with Gasteiger partial charge in [-0.2, -0.15) is 0 Å². The van der Waals surface area contributed by atoms with Gasteiger partial charge in [0.25, 0.3) is 5.91 Å². The summed E-state index contributed by atoms with van der Waals surface area (Å²) in [5, 5.41) is 0. The molecule has 0 atom stereocenters. The van der Waals surface area contributed by atoms with Crippen LogP contribution >= 0.6 is 0 Å². The van der Waals surface area contributed by atoms with Crippen molar-refractivity contribution in [3.8, 4) is 5.75 Å². The molecule has 24 heavy (non-hydrogen) atoms. The van der Waals surface area contributed by atoms with Gasteiger partial charge in [-0.25, -0.2) is 4.98 Å². The summed E-state index contributed by atoms with van der Waals surface area (Å²) >= 11 is 0. The lowest BCUT2D eigenvalue weighted by Crippen LogP contribution is -2.41. The van der Waals surface area contributed by atoms with Crippen LogP contribution in [0.1, 0.15) is 51.0 Å². The molecule has 2 aliphatic rings. The summed E-state index contributed by atoms with van der Waals surface area (Å²) in [7, 11) is 2.75. The monoisotopic (exact) mass is 332 g/mol. The maximum atomic E-state index is 12.3. The molecule has 0 bridgehead atoms. The van der Waals surface area contributed by atoms with E-state index in [9.17, 15) is 4.79 Å². The second-order valence-corrected chi connectivity index (χ2v) is 7.68. The van der Waals surface area contributed by atoms with E-state index < -0.39 is 18.3 Å². The van der Waals surface area contributed by atoms with Crippen LogP contribution in [0.4, 0.5) is 0 Å². The number of ether oxygens (including phenoxy) is 1. The van der Waals surface area contributed by atoms with E-state index in [4.69, 9.17) is 14.0 Å². The zero-order valence-electron chi connectivity index (χ0n) is 15.3. The van der Waals surface area contributed by atoms with Crippen LogP contribution in [0.5, 0.6) is 5.75 Å². The molecule has 1 aliphatic carbocycles. The number of carbonyl (C=O) groups excluding carboxylic acids is 1. The molecule has 1 aliphatic heterocycles. The zero-order valence-corrected chi connectivity index (χ0v) is 15.3. The first-order valence-corrected chi connectivity index (χ1v) is 8.35. The first-order chi connectivity index (χ1) is 11.1. The fraction of sp³-hybridized carbons (Fsp3) is 0.647. The van der Waals surface area contributed by atoms with Gasteiger partial charge in [-0.15, -0.1) is 0 Å². The van der Waals surface area contributed by atoms with Crippen molar-refractivity contribution >= 4 is 18.6 Å². The predicted octanol–water partition coefficient (Wildman–Crippen LogP) is 1.62. The van der Waals surface area contributed by atoms with E-state index >= 15 is 0 Å². The van der Waals surface area contributed by atoms with Crippen LogP contribution in [-0.4, -0.2) is 54.3 Å². The van der Waals surface area contributed by atoms with Crippen molar-refractivity contribution in [2.24, 2.45) is 0 Å². The summed E-state index contributed by atoms with van der Waals surface area (Å²) < 4.78 is 18.1. The average molecular weight is 332 g/mol. The molecule has 2 heterocycles. The smallest absolute Gasteiger partial charge is 0.489 e. The Morgan fingerprint density at radius 3 is 2.29 bits per heavy atom. The van der Waals surface area contributed by atoms with Crippen LogP contribution in [0.2, 0.25) is 0 Å². The lowest BCUT2D eigenvalue weighted by molar-refractivity contribution is 0.00578. The molecule has 2 fully saturated rings. The van der Waals surface area contributed by atoms with E-state index in [1.807, 2.05) is 27.7 Å². The molecule has 1 saturated carbocycles. The highest BCUT2D eigenvalue weighted by Crippen LogP contribution is 2.37. The van der Waals surface area contributed by atoms with Gasteiger partial charge in [0.2, 0.25) is 0 Å². The van der Waals surface area contributed by atoms with Crippen molar-refractivity contribution in [1.82, 2.24) is 9.88 Å². The Morgan fingerprint density at radius 2 is 1.79 bits per heavy atom. The Bertz CT molecular complexity index is 640. The number of carbonyl (C=O) groups is 1. The molecular weight excluding hydrogens is 307 g/mol. The minimum Gasteiger partial charge on any atom is -0.489 e. The number of hydrogen-bond donors (Lipinski definition) is 0. The highest BCUT2D eigenvalue weighted by molar-refractivity contribution is 6.62. The third-order valence-electron chi connectivity index (χ3n) is 4.81. The van der Waals surface area contributed by atoms with Crippen LogP contribution in [0.25, 0.3) is 0 Å². The first kappa shape index (κ1) is 17.2. The Hall–Kier alpha value is -1.60. The number of hydrogen-bond acceptors (Lipinski definition) is 5. The lowest BCUT2D eigenvalue weighted by atomic mass is 9.83. The summed E-state index contributed by atoms with van der Waals surface area (Å²) in [6.45, 7) is 7.96. The summed E-state index contributed by atoms with van der Waals surface area (Å²) in [4.78, 5) is 18.3. The standard InChI is InChI=1S/C17H25BN2O4/c1-16(2)17(3,4)24-18(23-16)14-13(22-11-7-8-11)10-9-12(19-14)15(21)20(5)6/h9-11H,7-8H2,1-6H3. The Morgan fingerprint density at radius 1 is 1.21 bits per heavy atom. The van der Waals surface area contributed by atoms with Crippen molar-refractivity contribution < 1.29 is 18.8 Å². The van der Waals surface area contributed by atoms with Crippen molar-refractivity contribution in [2.75, 3.05) is 14.1 Å². The molecule has 1 aromatic heterocycles. The van der Waals surface area contributed by atoms with Crippen molar-refractivity contribution in [1.29, 1.82) is 0 Å². The summed E-state index contributed by atoms with van der Waals surface area (Å²) in [5.74, 6) is 0.469. The van der Waals surface area contributed by atoms with E-state index in [0.717, 1.165) is 12.8 Å². The van der Waals surface area contributed by atoms with Gasteiger partial charge in [-0.05, 0) is 52.7 Å². The minimum absolute atomic E-state index is 0.161. The molecule has 0 radical (unpaired) electrons. The average Bonchev–Trinajstić information content (AvgIpc) is 3.25. The topological polar surface area (TPSA) is 60.9 Å². The number of aromatic nitrogens is 1. The van der Waals surface area contributed by atoms with Crippen molar-refractivity contribution in [2.45, 2.75) is 57.8 Å². The van der Waals surface area contributed by atoms with Gasteiger partial charge in [-0.3, -0.25) is 4.79 Å². The van der Waals surface area contributed by atoms with Crippen LogP contribution in [0.3, 0.4) is 0 Å². The quantitative estimate of drug-likeness (QED) is 0.784. The second kappa shape index (κ2) is 5.74. The normalized spacial score (nSPS) is 21.7. The highest BCUT2D eigenvalue weighted by atomic mass is 16.7. The molecule has 1 saturated heterocycles. The van der Waals surface area contributed by atoms with Gasteiger partial charge in [0.15, 0.2) is 0 Å². The fourth-order valence-electron chi connectivity index (χ4n) is 2.40. The molecular formula is C17H25BN2O4. The molecule has 0 N–H and O–H groups in total. The number of pyridine rings is 1. The molecule has 0 unspecified atom stereocenters. The molecule has 1 aromatic rings. The largest absolute Gasteiger partial charge is 0.518 e. The van der Waals surface area contributed by atoms with Gasteiger partial charge in [-0.1, -0.05) is 0 Å². The van der Waals surface area contributed by atoms with Crippen LogP contribution in [-0.2, 0) is 9.31 Å². The lowest BCUT2D eigenvalue weighted by Gasteiger charge is -2.32. The molecule has 0 spiro atoms. The van der Waals surface area contributed by atoms with Crippen LogP contribution in [0, 0.1) is 0 Å². The van der Waals surface area contributed by atoms with E-state index in [1.54, 1.807) is 26.2 Å². The predicted molar refractivity (Wildman–Crippen MR) is 91.6 cm³/mol. The summed E-state index contributed by atoms with van der Waals surface area (Å²) in [6.07, 6.45) is 2.31. The Labute approximate surface area is 143 Å². The fourth-order valence-corrected chi connectivity index (χ4v) is 2.40. The molecule has 0 aromatic carbocycles. The van der Waals surface area contributed by atoms with Gasteiger partial charge in [0.1, 0.15) is 17.0 Å². The molecule has 7 heteroatoms. The Balaban J connectivity index is 1.97. The third kappa shape index (κ3) is 3.15. The third-order valence-corrected chi connectivity index (χ3v) is 4.81. The van der Waals surface area contributed by atoms with E-state index in [0.29, 0.717) is 17.0 Å². The van der Waals surface area contributed by atoms with E-state index in [2.05, 4.69) is 4.98 Å². The zero-order chi connectivity index (χ0) is 17.7. The van der Waals surface area contributed by atoms with Gasteiger partial charge >= 0.3 is 7.12 Å². The van der Waals surface area contributed by atoms with E-state index in [-0.39, 0.29) is 12.0 Å². The number of rotatable bonds is 4. The summed E-state index contributed by atoms with van der Waals surface area (Å²) in [6, 6.07) is 3.48. The minimum atomic E-state index is -0.654. The molecule has 1 amide bonds. The Kier molecular flexibility index (Phi) is 4.12. The van der Waals surface area contributed by atoms with Crippen LogP contribution in [0.15, 0.2) is 12.1 Å². The first-order valence-electron chi connectivity index (χ1n) is 8.35. The maximum Gasteiger partial charge on any atom is 0.518 e. The molecule has 6 nitrogen and oxygen atoms in total. The highest BCUT2D eigenvalue weighted by Gasteiger charge is 2.53. The number of nitrogens with zero attached hydrogens (tertiary/aromatic N) is 2. The van der Waals surface area contributed by atoms with Crippen molar-refractivity contribution in [3.05, 3.63) is 17.8 Å². The molecule has 130 valence electrons. The van der Waals surface area contributed by atoms with E-state index in [1.165, 1.54) is 4.90 Å². The van der Waals surface area contributed by atoms with Gasteiger partial charge in [0, 0.05) is 14.1 Å². The summed E-state index contributed by atoms with van der Waals surface area (Å²) in [5.41, 5.74) is -0.0590.